The lowest BCUT2D eigenvalue weighted by atomic mass is 10.1. The Morgan fingerprint density at radius 1 is 1.53 bits per heavy atom. The van der Waals surface area contributed by atoms with Gasteiger partial charge in [0.25, 0.3) is 0 Å². The Morgan fingerprint density at radius 3 is 2.63 bits per heavy atom. The van der Waals surface area contributed by atoms with Crippen molar-refractivity contribution >= 4 is 17.7 Å². The van der Waals surface area contributed by atoms with Gasteiger partial charge in [0.05, 0.1) is 22.6 Å². The van der Waals surface area contributed by atoms with E-state index in [1.165, 1.54) is 6.07 Å². The number of carboxylic acids is 1. The average molecular weight is 292 g/mol. The van der Waals surface area contributed by atoms with E-state index < -0.39 is 28.8 Å². The molecule has 0 atom stereocenters. The number of carboxylic acid groups (broad SMARTS) is 1. The summed E-state index contributed by atoms with van der Waals surface area (Å²) in [6, 6.07) is 1.68. The van der Waals surface area contributed by atoms with E-state index in [0.29, 0.717) is 17.8 Å². The number of alkyl halides is 3. The number of carbonyl (C=O) groups is 1. The standard InChI is InChI=1S/C10H7F3N2O3S/c11-10(12,13)6-3-7(16)15-9(5(6)4-14)19-2-1-8(17)18/h3H,1-2H2,(H,15,16)(H,17,18). The second-order valence-electron chi connectivity index (χ2n) is 3.35. The van der Waals surface area contributed by atoms with E-state index in [2.05, 4.69) is 4.98 Å². The molecule has 0 aliphatic carbocycles. The SMILES string of the molecule is N#Cc1c(C(F)(F)F)cc(=O)[nH]c1SCCC(=O)O. The fourth-order valence-corrected chi connectivity index (χ4v) is 2.17. The molecule has 0 radical (unpaired) electrons. The lowest BCUT2D eigenvalue weighted by Gasteiger charge is -2.10. The Balaban J connectivity index is 3.18. The van der Waals surface area contributed by atoms with Crippen LogP contribution in [-0.2, 0) is 11.0 Å². The molecule has 0 aromatic carbocycles. The minimum absolute atomic E-state index is 0.0543. The molecule has 0 aliphatic heterocycles. The molecule has 0 bridgehead atoms. The fraction of sp³-hybridized carbons (Fsp3) is 0.300. The predicted octanol–water partition coefficient (Wildman–Crippen LogP) is 1.83. The molecule has 5 nitrogen and oxygen atoms in total. The third kappa shape index (κ3) is 4.03. The Labute approximate surface area is 109 Å². The summed E-state index contributed by atoms with van der Waals surface area (Å²) in [4.78, 5) is 23.5. The Kier molecular flexibility index (Phi) is 4.61. The van der Waals surface area contributed by atoms with E-state index in [4.69, 9.17) is 10.4 Å². The summed E-state index contributed by atoms with van der Waals surface area (Å²) in [6.07, 6.45) is -5.12. The molecular formula is C10H7F3N2O3S. The van der Waals surface area contributed by atoms with Crippen LogP contribution < -0.4 is 5.56 Å². The molecule has 0 aliphatic rings. The van der Waals surface area contributed by atoms with Crippen molar-refractivity contribution in [2.45, 2.75) is 17.6 Å². The molecule has 0 saturated heterocycles. The van der Waals surface area contributed by atoms with Crippen LogP contribution in [0.4, 0.5) is 13.2 Å². The van der Waals surface area contributed by atoms with Crippen molar-refractivity contribution in [3.63, 3.8) is 0 Å². The molecular weight excluding hydrogens is 285 g/mol. The van der Waals surface area contributed by atoms with Gasteiger partial charge in [-0.25, -0.2) is 0 Å². The second-order valence-corrected chi connectivity index (χ2v) is 4.46. The van der Waals surface area contributed by atoms with Crippen LogP contribution in [0.2, 0.25) is 0 Å². The lowest BCUT2D eigenvalue weighted by Crippen LogP contribution is -2.17. The van der Waals surface area contributed by atoms with Gasteiger partial charge in [-0.15, -0.1) is 11.8 Å². The molecule has 19 heavy (non-hydrogen) atoms. The molecule has 0 spiro atoms. The Morgan fingerprint density at radius 2 is 2.16 bits per heavy atom. The van der Waals surface area contributed by atoms with Crippen molar-refractivity contribution in [3.8, 4) is 6.07 Å². The summed E-state index contributed by atoms with van der Waals surface area (Å²) >= 11 is 0.686. The summed E-state index contributed by atoms with van der Waals surface area (Å²) in [6.45, 7) is 0. The van der Waals surface area contributed by atoms with Gasteiger partial charge in [0.1, 0.15) is 6.07 Å². The summed E-state index contributed by atoms with van der Waals surface area (Å²) in [7, 11) is 0. The number of pyridine rings is 1. The summed E-state index contributed by atoms with van der Waals surface area (Å²) in [5.74, 6) is -1.18. The van der Waals surface area contributed by atoms with Gasteiger partial charge >= 0.3 is 12.1 Å². The smallest absolute Gasteiger partial charge is 0.417 e. The first-order valence-electron chi connectivity index (χ1n) is 4.85. The fourth-order valence-electron chi connectivity index (χ4n) is 1.22. The molecule has 0 fully saturated rings. The van der Waals surface area contributed by atoms with Gasteiger partial charge in [-0.2, -0.15) is 18.4 Å². The molecule has 1 rings (SSSR count). The van der Waals surface area contributed by atoms with E-state index in [1.54, 1.807) is 0 Å². The van der Waals surface area contributed by atoms with E-state index in [0.717, 1.165) is 0 Å². The van der Waals surface area contributed by atoms with Crippen molar-refractivity contribution in [1.29, 1.82) is 5.26 Å². The normalized spacial score (nSPS) is 11.1. The first-order chi connectivity index (χ1) is 8.75. The number of hydrogen-bond acceptors (Lipinski definition) is 4. The zero-order valence-electron chi connectivity index (χ0n) is 9.24. The average Bonchev–Trinajstić information content (AvgIpc) is 2.26. The lowest BCUT2D eigenvalue weighted by molar-refractivity contribution is -0.138. The molecule has 0 saturated carbocycles. The van der Waals surface area contributed by atoms with Crippen LogP contribution in [0.1, 0.15) is 17.5 Å². The summed E-state index contributed by atoms with van der Waals surface area (Å²) in [5.41, 5.74) is -3.02. The van der Waals surface area contributed by atoms with Gasteiger partial charge in [-0.3, -0.25) is 9.59 Å². The third-order valence-electron chi connectivity index (χ3n) is 1.99. The topological polar surface area (TPSA) is 94.0 Å². The van der Waals surface area contributed by atoms with Crippen molar-refractivity contribution in [3.05, 3.63) is 27.5 Å². The van der Waals surface area contributed by atoms with Crippen LogP contribution in [0.15, 0.2) is 15.9 Å². The van der Waals surface area contributed by atoms with Crippen LogP contribution in [0, 0.1) is 11.3 Å². The number of aromatic amines is 1. The van der Waals surface area contributed by atoms with Crippen molar-refractivity contribution in [2.24, 2.45) is 0 Å². The number of H-pyrrole nitrogens is 1. The van der Waals surface area contributed by atoms with E-state index in [1.807, 2.05) is 0 Å². The highest BCUT2D eigenvalue weighted by atomic mass is 32.2. The van der Waals surface area contributed by atoms with E-state index >= 15 is 0 Å². The highest BCUT2D eigenvalue weighted by Crippen LogP contribution is 2.34. The number of hydrogen-bond donors (Lipinski definition) is 2. The molecule has 0 unspecified atom stereocenters. The number of nitrogens with zero attached hydrogens (tertiary/aromatic N) is 1. The van der Waals surface area contributed by atoms with Crippen LogP contribution >= 0.6 is 11.8 Å². The highest BCUT2D eigenvalue weighted by Gasteiger charge is 2.35. The summed E-state index contributed by atoms with van der Waals surface area (Å²) in [5, 5.41) is 16.9. The third-order valence-corrected chi connectivity index (χ3v) is 2.99. The minimum Gasteiger partial charge on any atom is -0.481 e. The van der Waals surface area contributed by atoms with Crippen molar-refractivity contribution in [1.82, 2.24) is 4.98 Å². The van der Waals surface area contributed by atoms with Crippen LogP contribution in [-0.4, -0.2) is 21.8 Å². The van der Waals surface area contributed by atoms with Crippen LogP contribution in [0.25, 0.3) is 0 Å². The second kappa shape index (κ2) is 5.79. The quantitative estimate of drug-likeness (QED) is 0.826. The Hall–Kier alpha value is -1.95. The number of thioether (sulfide) groups is 1. The number of nitrogens with one attached hydrogen (secondary N) is 1. The maximum atomic E-state index is 12.6. The zero-order valence-corrected chi connectivity index (χ0v) is 10.1. The van der Waals surface area contributed by atoms with Crippen molar-refractivity contribution < 1.29 is 23.1 Å². The van der Waals surface area contributed by atoms with Gasteiger partial charge in [-0.05, 0) is 0 Å². The molecule has 1 heterocycles. The van der Waals surface area contributed by atoms with Gasteiger partial charge in [-0.1, -0.05) is 0 Å². The van der Waals surface area contributed by atoms with Gasteiger partial charge in [0, 0.05) is 11.8 Å². The molecule has 2 N–H and O–H groups in total. The van der Waals surface area contributed by atoms with Gasteiger partial charge < -0.3 is 10.1 Å². The highest BCUT2D eigenvalue weighted by molar-refractivity contribution is 7.99. The number of rotatable bonds is 4. The molecule has 9 heteroatoms. The molecule has 102 valence electrons. The predicted molar refractivity (Wildman–Crippen MR) is 59.8 cm³/mol. The first-order valence-corrected chi connectivity index (χ1v) is 5.83. The first kappa shape index (κ1) is 15.1. The minimum atomic E-state index is -4.82. The molecule has 1 aromatic rings. The monoisotopic (exact) mass is 292 g/mol. The van der Waals surface area contributed by atoms with Gasteiger partial charge in [0.15, 0.2) is 0 Å². The maximum absolute atomic E-state index is 12.6. The van der Waals surface area contributed by atoms with Gasteiger partial charge in [0.2, 0.25) is 5.56 Å². The maximum Gasteiger partial charge on any atom is 0.417 e. The van der Waals surface area contributed by atoms with Crippen LogP contribution in [0.3, 0.4) is 0 Å². The molecule has 0 amide bonds. The Bertz CT molecular complexity index is 589. The molecule has 1 aromatic heterocycles. The van der Waals surface area contributed by atoms with E-state index in [9.17, 15) is 22.8 Å². The van der Waals surface area contributed by atoms with Crippen molar-refractivity contribution in [2.75, 3.05) is 5.75 Å². The number of aliphatic carboxylic acids is 1. The number of halogens is 3. The number of nitriles is 1. The van der Waals surface area contributed by atoms with Crippen LogP contribution in [0.5, 0.6) is 0 Å². The van der Waals surface area contributed by atoms with E-state index in [-0.39, 0.29) is 17.2 Å². The summed E-state index contributed by atoms with van der Waals surface area (Å²) < 4.78 is 37.9. The largest absolute Gasteiger partial charge is 0.481 e. The number of aromatic nitrogens is 1. The zero-order chi connectivity index (χ0) is 14.6.